The number of nitrogens with zero attached hydrogens (tertiary/aromatic N) is 1. The molecule has 0 saturated carbocycles. The van der Waals surface area contributed by atoms with Gasteiger partial charge in [-0.2, -0.15) is 5.26 Å². The van der Waals surface area contributed by atoms with Crippen LogP contribution < -0.4 is 11.1 Å². The molecule has 0 aliphatic carbocycles. The molecule has 0 aliphatic rings. The number of aliphatic hydroxyl groups excluding tert-OH is 1. The molecule has 8 nitrogen and oxygen atoms in total. The van der Waals surface area contributed by atoms with E-state index in [1.54, 1.807) is 42.6 Å². The summed E-state index contributed by atoms with van der Waals surface area (Å²) in [5.41, 5.74) is 6.98. The molecule has 2 aromatic carbocycles. The lowest BCUT2D eigenvalue weighted by molar-refractivity contribution is -0.114. The second kappa shape index (κ2) is 11.6. The van der Waals surface area contributed by atoms with Gasteiger partial charge in [0.1, 0.15) is 16.6 Å². The molecule has 1 aromatic heterocycles. The van der Waals surface area contributed by atoms with Gasteiger partial charge in [-0.15, -0.1) is 11.3 Å². The van der Waals surface area contributed by atoms with Gasteiger partial charge in [-0.25, -0.2) is 4.79 Å². The molecule has 3 rings (SSSR count). The zero-order chi connectivity index (χ0) is 26.2. The van der Waals surface area contributed by atoms with Crippen LogP contribution in [-0.2, 0) is 9.53 Å². The van der Waals surface area contributed by atoms with Crippen molar-refractivity contribution < 1.29 is 24.2 Å². The number of benzene rings is 2. The predicted octanol–water partition coefficient (Wildman–Crippen LogP) is 4.90. The second-order valence-corrected chi connectivity index (χ2v) is 8.43. The first-order valence-corrected chi connectivity index (χ1v) is 11.7. The SMILES string of the molecule is CCOC(=O)c1c(-c2ccccc2)csc1NC(=CC(=O)c1ccc(C)cc1)C(O)=C(C#N)C(N)=O. The molecule has 0 fully saturated rings. The first-order chi connectivity index (χ1) is 17.3. The molecule has 4 N–H and O–H groups in total. The number of nitrogens with one attached hydrogen (secondary N) is 1. The Morgan fingerprint density at radius 2 is 1.81 bits per heavy atom. The van der Waals surface area contributed by atoms with Crippen molar-refractivity contribution in [2.24, 2.45) is 5.73 Å². The fraction of sp³-hybridized carbons (Fsp3) is 0.111. The highest BCUT2D eigenvalue weighted by atomic mass is 32.1. The number of thiophene rings is 1. The standard InChI is InChI=1S/C27H23N3O5S/c1-3-35-27(34)23-20(17-7-5-4-6-8-17)15-36-26(23)30-21(24(32)19(14-28)25(29)33)13-22(31)18-11-9-16(2)10-12-18/h4-13,15,30,32H,3H2,1-2H3,(H2,29,33). The van der Waals surface area contributed by atoms with Crippen molar-refractivity contribution in [2.45, 2.75) is 13.8 Å². The van der Waals surface area contributed by atoms with Crippen LogP contribution in [0.2, 0.25) is 0 Å². The number of anilines is 1. The Labute approximate surface area is 211 Å². The van der Waals surface area contributed by atoms with Crippen molar-refractivity contribution in [3.8, 4) is 17.2 Å². The maximum absolute atomic E-state index is 13.0. The van der Waals surface area contributed by atoms with E-state index in [9.17, 15) is 24.8 Å². The Balaban J connectivity index is 2.16. The molecule has 0 aliphatic heterocycles. The maximum Gasteiger partial charge on any atom is 0.341 e. The Hall–Kier alpha value is -4.68. The predicted molar refractivity (Wildman–Crippen MR) is 137 cm³/mol. The first-order valence-electron chi connectivity index (χ1n) is 10.8. The minimum absolute atomic E-state index is 0.127. The average molecular weight is 502 g/mol. The maximum atomic E-state index is 13.0. The number of hydrogen-bond donors (Lipinski definition) is 3. The molecule has 1 amide bonds. The number of amides is 1. The van der Waals surface area contributed by atoms with Crippen LogP contribution in [0.25, 0.3) is 11.1 Å². The summed E-state index contributed by atoms with van der Waals surface area (Å²) in [6.45, 7) is 3.67. The van der Waals surface area contributed by atoms with Crippen LogP contribution in [0.5, 0.6) is 0 Å². The topological polar surface area (TPSA) is 143 Å². The molecule has 182 valence electrons. The van der Waals surface area contributed by atoms with Gasteiger partial charge in [-0.3, -0.25) is 9.59 Å². The zero-order valence-corrected chi connectivity index (χ0v) is 20.4. The molecular formula is C27H23N3O5S. The van der Waals surface area contributed by atoms with Gasteiger partial charge in [0.2, 0.25) is 0 Å². The van der Waals surface area contributed by atoms with Crippen LogP contribution in [0.3, 0.4) is 0 Å². The van der Waals surface area contributed by atoms with E-state index in [-0.39, 0.29) is 22.9 Å². The van der Waals surface area contributed by atoms with E-state index < -0.39 is 29.0 Å². The largest absolute Gasteiger partial charge is 0.504 e. The van der Waals surface area contributed by atoms with Crippen LogP contribution >= 0.6 is 11.3 Å². The minimum atomic E-state index is -1.17. The summed E-state index contributed by atoms with van der Waals surface area (Å²) in [6.07, 6.45) is 1.04. The first kappa shape index (κ1) is 25.9. The molecule has 0 spiro atoms. The lowest BCUT2D eigenvalue weighted by Crippen LogP contribution is -2.18. The normalized spacial score (nSPS) is 11.8. The van der Waals surface area contributed by atoms with Crippen molar-refractivity contribution in [1.29, 1.82) is 5.26 Å². The fourth-order valence-corrected chi connectivity index (χ4v) is 4.23. The Morgan fingerprint density at radius 3 is 2.39 bits per heavy atom. The van der Waals surface area contributed by atoms with Gasteiger partial charge in [0.15, 0.2) is 17.1 Å². The number of ether oxygens (including phenoxy) is 1. The Kier molecular flexibility index (Phi) is 8.39. The number of nitriles is 1. The monoisotopic (exact) mass is 501 g/mol. The van der Waals surface area contributed by atoms with E-state index >= 15 is 0 Å². The van der Waals surface area contributed by atoms with Crippen LogP contribution in [0.1, 0.15) is 33.2 Å². The van der Waals surface area contributed by atoms with Gasteiger partial charge in [-0.05, 0) is 19.4 Å². The summed E-state index contributed by atoms with van der Waals surface area (Å²) < 4.78 is 5.24. The summed E-state index contributed by atoms with van der Waals surface area (Å²) in [5.74, 6) is -3.13. The number of hydrogen-bond acceptors (Lipinski definition) is 8. The number of esters is 1. The van der Waals surface area contributed by atoms with Gasteiger partial charge in [0.25, 0.3) is 5.91 Å². The molecule has 0 saturated heterocycles. The Morgan fingerprint density at radius 1 is 1.14 bits per heavy atom. The van der Waals surface area contributed by atoms with E-state index in [1.807, 2.05) is 37.3 Å². The van der Waals surface area contributed by atoms with Crippen molar-refractivity contribution in [2.75, 3.05) is 11.9 Å². The van der Waals surface area contributed by atoms with E-state index in [4.69, 9.17) is 10.5 Å². The molecule has 0 unspecified atom stereocenters. The van der Waals surface area contributed by atoms with Gasteiger partial charge in [-0.1, -0.05) is 60.2 Å². The highest BCUT2D eigenvalue weighted by Crippen LogP contribution is 2.37. The molecular weight excluding hydrogens is 478 g/mol. The average Bonchev–Trinajstić information content (AvgIpc) is 3.28. The number of nitrogens with two attached hydrogens (primary N) is 1. The summed E-state index contributed by atoms with van der Waals surface area (Å²) in [4.78, 5) is 37.6. The summed E-state index contributed by atoms with van der Waals surface area (Å²) in [6, 6.07) is 17.4. The zero-order valence-electron chi connectivity index (χ0n) is 19.6. The van der Waals surface area contributed by atoms with Gasteiger partial charge in [0, 0.05) is 22.6 Å². The van der Waals surface area contributed by atoms with Crippen molar-refractivity contribution in [1.82, 2.24) is 0 Å². The third-order valence-corrected chi connectivity index (χ3v) is 5.96. The minimum Gasteiger partial charge on any atom is -0.504 e. The number of aryl methyl sites for hydroxylation is 1. The van der Waals surface area contributed by atoms with Crippen LogP contribution in [0.15, 0.2) is 83.1 Å². The molecule has 0 atom stereocenters. The van der Waals surface area contributed by atoms with Crippen molar-refractivity contribution >= 4 is 34.0 Å². The number of carbonyl (C=O) groups excluding carboxylic acids is 3. The van der Waals surface area contributed by atoms with Crippen LogP contribution in [-0.4, -0.2) is 29.4 Å². The molecule has 1 heterocycles. The number of rotatable bonds is 9. The molecule has 3 aromatic rings. The van der Waals surface area contributed by atoms with Gasteiger partial charge in [0.05, 0.1) is 12.3 Å². The van der Waals surface area contributed by atoms with E-state index in [0.29, 0.717) is 11.1 Å². The lowest BCUT2D eigenvalue weighted by Gasteiger charge is -2.13. The number of aliphatic hydroxyl groups is 1. The molecule has 9 heteroatoms. The van der Waals surface area contributed by atoms with Gasteiger partial charge < -0.3 is 20.9 Å². The van der Waals surface area contributed by atoms with Crippen molar-refractivity contribution in [3.05, 3.63) is 99.8 Å². The third-order valence-electron chi connectivity index (χ3n) is 5.07. The quantitative estimate of drug-likeness (QED) is 0.0945. The van der Waals surface area contributed by atoms with E-state index in [2.05, 4.69) is 5.32 Å². The fourth-order valence-electron chi connectivity index (χ4n) is 3.26. The molecule has 36 heavy (non-hydrogen) atoms. The van der Waals surface area contributed by atoms with E-state index in [0.717, 1.165) is 28.5 Å². The number of ketones is 1. The summed E-state index contributed by atoms with van der Waals surface area (Å²) >= 11 is 1.13. The highest BCUT2D eigenvalue weighted by Gasteiger charge is 2.24. The smallest absolute Gasteiger partial charge is 0.341 e. The summed E-state index contributed by atoms with van der Waals surface area (Å²) in [5, 5.41) is 24.9. The number of primary amides is 1. The molecule has 0 radical (unpaired) electrons. The van der Waals surface area contributed by atoms with Crippen molar-refractivity contribution in [3.63, 3.8) is 0 Å². The number of allylic oxidation sites excluding steroid dienone is 1. The highest BCUT2D eigenvalue weighted by molar-refractivity contribution is 7.15. The van der Waals surface area contributed by atoms with Crippen LogP contribution in [0, 0.1) is 18.3 Å². The lowest BCUT2D eigenvalue weighted by atomic mass is 10.0. The molecule has 0 bridgehead atoms. The van der Waals surface area contributed by atoms with Crippen LogP contribution in [0.4, 0.5) is 5.00 Å². The van der Waals surface area contributed by atoms with E-state index in [1.165, 1.54) is 0 Å². The Bertz CT molecular complexity index is 1400. The third kappa shape index (κ3) is 5.87. The summed E-state index contributed by atoms with van der Waals surface area (Å²) in [7, 11) is 0. The number of carbonyl (C=O) groups is 3. The second-order valence-electron chi connectivity index (χ2n) is 7.55. The van der Waals surface area contributed by atoms with Gasteiger partial charge >= 0.3 is 5.97 Å².